The minimum Gasteiger partial charge on any atom is -0.319 e. The molecule has 20 heavy (non-hydrogen) atoms. The molecule has 3 heteroatoms. The van der Waals surface area contributed by atoms with Crippen LogP contribution in [0.5, 0.6) is 0 Å². The third-order valence-corrected chi connectivity index (χ3v) is 3.66. The summed E-state index contributed by atoms with van der Waals surface area (Å²) in [7, 11) is 2.02. The van der Waals surface area contributed by atoms with E-state index in [9.17, 15) is 0 Å². The monoisotopic (exact) mass is 271 g/mol. The van der Waals surface area contributed by atoms with Crippen molar-refractivity contribution in [3.05, 3.63) is 53.9 Å². The minimum absolute atomic E-state index is 0.436. The summed E-state index contributed by atoms with van der Waals surface area (Å²) in [6, 6.07) is 13.3. The molecule has 0 saturated carbocycles. The van der Waals surface area contributed by atoms with Gasteiger partial charge in [-0.15, -0.1) is 0 Å². The summed E-state index contributed by atoms with van der Waals surface area (Å²) in [5.41, 5.74) is 2.60. The highest BCUT2D eigenvalue weighted by molar-refractivity contribution is 5.20. The predicted molar refractivity (Wildman–Crippen MR) is 84.0 cm³/mol. The molecule has 1 aromatic heterocycles. The molecule has 0 bridgehead atoms. The highest BCUT2D eigenvalue weighted by Crippen LogP contribution is 2.20. The summed E-state index contributed by atoms with van der Waals surface area (Å²) in [4.78, 5) is 0. The van der Waals surface area contributed by atoms with E-state index < -0.39 is 0 Å². The van der Waals surface area contributed by atoms with E-state index in [1.807, 2.05) is 11.7 Å². The molecule has 0 amide bonds. The highest BCUT2D eigenvalue weighted by atomic mass is 15.3. The van der Waals surface area contributed by atoms with Crippen molar-refractivity contribution in [1.29, 1.82) is 0 Å². The zero-order valence-electron chi connectivity index (χ0n) is 12.7. The lowest BCUT2D eigenvalue weighted by molar-refractivity contribution is 0.519. The lowest BCUT2D eigenvalue weighted by Gasteiger charge is -2.16. The van der Waals surface area contributed by atoms with Crippen molar-refractivity contribution >= 4 is 0 Å². The molecular formula is C17H25N3. The zero-order valence-corrected chi connectivity index (χ0v) is 12.7. The maximum Gasteiger partial charge on any atom is 0.0624 e. The molecule has 3 nitrogen and oxygen atoms in total. The lowest BCUT2D eigenvalue weighted by Crippen LogP contribution is -2.18. The Morgan fingerprint density at radius 1 is 1.15 bits per heavy atom. The summed E-state index contributed by atoms with van der Waals surface area (Å²) in [6.45, 7) is 5.32. The topological polar surface area (TPSA) is 29.9 Å². The fourth-order valence-electron chi connectivity index (χ4n) is 2.48. The van der Waals surface area contributed by atoms with Gasteiger partial charge in [-0.05, 0) is 51.3 Å². The maximum absolute atomic E-state index is 4.63. The molecule has 0 aliphatic carbocycles. The summed E-state index contributed by atoms with van der Waals surface area (Å²) in [5.74, 6) is 0.547. The molecule has 0 radical (unpaired) electrons. The molecule has 0 aliphatic heterocycles. The van der Waals surface area contributed by atoms with Crippen LogP contribution < -0.4 is 5.32 Å². The number of aryl methyl sites for hydroxylation is 1. The Hall–Kier alpha value is -1.61. The average molecular weight is 271 g/mol. The molecule has 1 heterocycles. The molecule has 2 aromatic rings. The van der Waals surface area contributed by atoms with Crippen molar-refractivity contribution in [1.82, 2.24) is 15.1 Å². The second kappa shape index (κ2) is 7.25. The molecule has 2 rings (SSSR count). The van der Waals surface area contributed by atoms with Crippen molar-refractivity contribution in [2.45, 2.75) is 38.6 Å². The Morgan fingerprint density at radius 2 is 1.90 bits per heavy atom. The van der Waals surface area contributed by atoms with Gasteiger partial charge in [-0.2, -0.15) is 5.10 Å². The number of hydrogen-bond donors (Lipinski definition) is 1. The van der Waals surface area contributed by atoms with Crippen LogP contribution in [0.1, 0.15) is 43.5 Å². The quantitative estimate of drug-likeness (QED) is 0.836. The van der Waals surface area contributed by atoms with Crippen molar-refractivity contribution in [2.75, 3.05) is 13.6 Å². The van der Waals surface area contributed by atoms with E-state index in [-0.39, 0.29) is 0 Å². The van der Waals surface area contributed by atoms with Crippen molar-refractivity contribution in [2.24, 2.45) is 0 Å². The second-order valence-electron chi connectivity index (χ2n) is 5.58. The van der Waals surface area contributed by atoms with Gasteiger partial charge in [0.1, 0.15) is 0 Å². The Morgan fingerprint density at radius 3 is 2.50 bits per heavy atom. The second-order valence-corrected chi connectivity index (χ2v) is 5.58. The third kappa shape index (κ3) is 3.94. The lowest BCUT2D eigenvalue weighted by atomic mass is 9.93. The number of hydrogen-bond acceptors (Lipinski definition) is 2. The molecule has 1 unspecified atom stereocenters. The maximum atomic E-state index is 4.63. The van der Waals surface area contributed by atoms with E-state index in [1.54, 1.807) is 0 Å². The van der Waals surface area contributed by atoms with Crippen LogP contribution in [0.2, 0.25) is 0 Å². The van der Waals surface area contributed by atoms with Gasteiger partial charge < -0.3 is 5.32 Å². The SMILES string of the molecule is CNCC(CCc1ccn(C(C)C)n1)c1ccccc1. The van der Waals surface area contributed by atoms with E-state index in [0.717, 1.165) is 19.4 Å². The van der Waals surface area contributed by atoms with Gasteiger partial charge in [0, 0.05) is 18.8 Å². The van der Waals surface area contributed by atoms with Crippen molar-refractivity contribution in [3.63, 3.8) is 0 Å². The number of likely N-dealkylation sites (N-methyl/N-ethyl adjacent to an activating group) is 1. The molecule has 1 atom stereocenters. The molecule has 1 N–H and O–H groups in total. The minimum atomic E-state index is 0.436. The van der Waals surface area contributed by atoms with E-state index in [2.05, 4.69) is 66.9 Å². The van der Waals surface area contributed by atoms with Crippen LogP contribution in [0.15, 0.2) is 42.6 Å². The van der Waals surface area contributed by atoms with Gasteiger partial charge in [0.05, 0.1) is 5.69 Å². The van der Waals surface area contributed by atoms with Gasteiger partial charge in [0.2, 0.25) is 0 Å². The molecule has 1 aromatic carbocycles. The number of nitrogens with zero attached hydrogens (tertiary/aromatic N) is 2. The predicted octanol–water partition coefficient (Wildman–Crippen LogP) is 3.40. The fourth-order valence-corrected chi connectivity index (χ4v) is 2.48. The average Bonchev–Trinajstić information content (AvgIpc) is 2.93. The Bertz CT molecular complexity index is 502. The first-order valence-corrected chi connectivity index (χ1v) is 7.44. The fraction of sp³-hybridized carbons (Fsp3) is 0.471. The normalized spacial score (nSPS) is 12.8. The molecule has 108 valence electrons. The van der Waals surface area contributed by atoms with Crippen LogP contribution in [0.4, 0.5) is 0 Å². The summed E-state index contributed by atoms with van der Waals surface area (Å²) >= 11 is 0. The standard InChI is InChI=1S/C17H25N3/c1-14(2)20-12-11-17(19-20)10-9-16(13-18-3)15-7-5-4-6-8-15/h4-8,11-12,14,16,18H,9-10,13H2,1-3H3. The third-order valence-electron chi connectivity index (χ3n) is 3.66. The Kier molecular flexibility index (Phi) is 5.36. The van der Waals surface area contributed by atoms with Gasteiger partial charge in [-0.1, -0.05) is 30.3 Å². The van der Waals surface area contributed by atoms with Gasteiger partial charge in [-0.25, -0.2) is 0 Å². The molecule has 0 aliphatic rings. The first-order valence-electron chi connectivity index (χ1n) is 7.44. The number of aromatic nitrogens is 2. The zero-order chi connectivity index (χ0) is 14.4. The summed E-state index contributed by atoms with van der Waals surface area (Å²) in [6.07, 6.45) is 4.23. The van der Waals surface area contributed by atoms with Crippen molar-refractivity contribution < 1.29 is 0 Å². The van der Waals surface area contributed by atoms with Crippen LogP contribution in [0.3, 0.4) is 0 Å². The van der Waals surface area contributed by atoms with Crippen LogP contribution >= 0.6 is 0 Å². The molecule has 0 fully saturated rings. The molecule has 0 spiro atoms. The summed E-state index contributed by atoms with van der Waals surface area (Å²) in [5, 5.41) is 7.93. The van der Waals surface area contributed by atoms with E-state index in [0.29, 0.717) is 12.0 Å². The highest BCUT2D eigenvalue weighted by Gasteiger charge is 2.11. The Labute approximate surface area is 122 Å². The smallest absolute Gasteiger partial charge is 0.0624 e. The largest absolute Gasteiger partial charge is 0.319 e. The van der Waals surface area contributed by atoms with Gasteiger partial charge >= 0.3 is 0 Å². The molecule has 0 saturated heterocycles. The Balaban J connectivity index is 1.98. The first kappa shape index (κ1) is 14.8. The van der Waals surface area contributed by atoms with Crippen molar-refractivity contribution in [3.8, 4) is 0 Å². The first-order chi connectivity index (χ1) is 9.70. The van der Waals surface area contributed by atoms with Gasteiger partial charge in [0.15, 0.2) is 0 Å². The van der Waals surface area contributed by atoms with Crippen LogP contribution in [-0.2, 0) is 6.42 Å². The summed E-state index contributed by atoms with van der Waals surface area (Å²) < 4.78 is 2.03. The van der Waals surface area contributed by atoms with E-state index in [1.165, 1.54) is 11.3 Å². The van der Waals surface area contributed by atoms with E-state index >= 15 is 0 Å². The number of nitrogens with one attached hydrogen (secondary N) is 1. The van der Waals surface area contributed by atoms with E-state index in [4.69, 9.17) is 0 Å². The van der Waals surface area contributed by atoms with Gasteiger partial charge in [-0.3, -0.25) is 4.68 Å². The van der Waals surface area contributed by atoms with Crippen LogP contribution in [0.25, 0.3) is 0 Å². The number of benzene rings is 1. The molecular weight excluding hydrogens is 246 g/mol. The number of rotatable bonds is 7. The van der Waals surface area contributed by atoms with Gasteiger partial charge in [0.25, 0.3) is 0 Å². The van der Waals surface area contributed by atoms with Crippen LogP contribution in [-0.4, -0.2) is 23.4 Å². The van der Waals surface area contributed by atoms with Crippen LogP contribution in [0, 0.1) is 0 Å².